The smallest absolute Gasteiger partial charge is 0.0395 e. The van der Waals surface area contributed by atoms with Crippen molar-refractivity contribution in [3.63, 3.8) is 0 Å². The summed E-state index contributed by atoms with van der Waals surface area (Å²) in [6, 6.07) is 7.34. The van der Waals surface area contributed by atoms with Gasteiger partial charge in [0, 0.05) is 25.3 Å². The van der Waals surface area contributed by atoms with Crippen LogP contribution in [-0.2, 0) is 6.54 Å². The molecule has 0 aromatic heterocycles. The molecule has 17 heavy (non-hydrogen) atoms. The Morgan fingerprint density at radius 1 is 1.35 bits per heavy atom. The summed E-state index contributed by atoms with van der Waals surface area (Å²) in [6.45, 7) is 7.68. The predicted octanol–water partition coefficient (Wildman–Crippen LogP) is 3.34. The highest BCUT2D eigenvalue weighted by Crippen LogP contribution is 2.23. The molecule has 0 amide bonds. The van der Waals surface area contributed by atoms with E-state index in [1.807, 2.05) is 7.05 Å². The fraction of sp³-hybridized carbons (Fsp3) is 0.600. The number of nitrogens with zero attached hydrogens (tertiary/aromatic N) is 1. The predicted molar refractivity (Wildman–Crippen MR) is 76.7 cm³/mol. The van der Waals surface area contributed by atoms with Gasteiger partial charge in [-0.05, 0) is 44.5 Å². The van der Waals surface area contributed by atoms with Gasteiger partial charge in [-0.2, -0.15) is 0 Å². The van der Waals surface area contributed by atoms with Crippen LogP contribution in [0.4, 0.5) is 5.69 Å². The second-order valence-electron chi connectivity index (χ2n) is 4.90. The van der Waals surface area contributed by atoms with Crippen molar-refractivity contribution in [3.05, 3.63) is 29.3 Å². The van der Waals surface area contributed by atoms with Crippen LogP contribution in [0.15, 0.2) is 18.2 Å². The molecule has 0 radical (unpaired) electrons. The summed E-state index contributed by atoms with van der Waals surface area (Å²) < 4.78 is 0. The molecular weight excluding hydrogens is 208 g/mol. The lowest BCUT2D eigenvalue weighted by Gasteiger charge is -2.28. The van der Waals surface area contributed by atoms with Gasteiger partial charge in [-0.25, -0.2) is 0 Å². The normalized spacial score (nSPS) is 12.5. The minimum atomic E-state index is 0.605. The number of rotatable bonds is 6. The van der Waals surface area contributed by atoms with Crippen LogP contribution < -0.4 is 10.2 Å². The first kappa shape index (κ1) is 14.0. The van der Waals surface area contributed by atoms with Crippen LogP contribution in [0.3, 0.4) is 0 Å². The van der Waals surface area contributed by atoms with Crippen LogP contribution >= 0.6 is 0 Å². The quantitative estimate of drug-likeness (QED) is 0.812. The molecule has 0 saturated heterocycles. The SMILES string of the molecule is CCCC(C)N(C)c1ccc(CNC)cc1C. The van der Waals surface area contributed by atoms with Gasteiger partial charge in [0.1, 0.15) is 0 Å². The van der Waals surface area contributed by atoms with Crippen molar-refractivity contribution in [2.75, 3.05) is 19.0 Å². The van der Waals surface area contributed by atoms with Crippen molar-refractivity contribution >= 4 is 5.69 Å². The van der Waals surface area contributed by atoms with Gasteiger partial charge in [-0.15, -0.1) is 0 Å². The van der Waals surface area contributed by atoms with Crippen LogP contribution in [0.2, 0.25) is 0 Å². The molecule has 0 heterocycles. The largest absolute Gasteiger partial charge is 0.372 e. The maximum absolute atomic E-state index is 3.19. The molecule has 2 nitrogen and oxygen atoms in total. The van der Waals surface area contributed by atoms with Crippen molar-refractivity contribution in [3.8, 4) is 0 Å². The first-order chi connectivity index (χ1) is 8.10. The molecule has 0 aliphatic carbocycles. The van der Waals surface area contributed by atoms with Crippen molar-refractivity contribution < 1.29 is 0 Å². The molecule has 1 N–H and O–H groups in total. The Labute approximate surface area is 106 Å². The van der Waals surface area contributed by atoms with E-state index in [1.54, 1.807) is 0 Å². The monoisotopic (exact) mass is 234 g/mol. The number of hydrogen-bond acceptors (Lipinski definition) is 2. The molecule has 1 atom stereocenters. The van der Waals surface area contributed by atoms with Gasteiger partial charge in [-0.3, -0.25) is 0 Å². The second-order valence-corrected chi connectivity index (χ2v) is 4.90. The molecule has 0 saturated carbocycles. The van der Waals surface area contributed by atoms with Crippen molar-refractivity contribution in [1.29, 1.82) is 0 Å². The Morgan fingerprint density at radius 3 is 2.59 bits per heavy atom. The lowest BCUT2D eigenvalue weighted by atomic mass is 10.1. The average molecular weight is 234 g/mol. The fourth-order valence-electron chi connectivity index (χ4n) is 2.28. The maximum atomic E-state index is 3.19. The zero-order chi connectivity index (χ0) is 12.8. The molecule has 0 bridgehead atoms. The molecule has 1 aromatic carbocycles. The highest BCUT2D eigenvalue weighted by atomic mass is 15.1. The van der Waals surface area contributed by atoms with E-state index in [1.165, 1.54) is 29.7 Å². The van der Waals surface area contributed by atoms with Crippen LogP contribution in [0, 0.1) is 6.92 Å². The minimum absolute atomic E-state index is 0.605. The molecule has 0 fully saturated rings. The van der Waals surface area contributed by atoms with Crippen molar-refractivity contribution in [1.82, 2.24) is 5.32 Å². The van der Waals surface area contributed by atoms with E-state index in [9.17, 15) is 0 Å². The van der Waals surface area contributed by atoms with E-state index in [-0.39, 0.29) is 0 Å². The van der Waals surface area contributed by atoms with E-state index >= 15 is 0 Å². The van der Waals surface area contributed by atoms with Gasteiger partial charge in [0.05, 0.1) is 0 Å². The number of nitrogens with one attached hydrogen (secondary N) is 1. The molecule has 1 unspecified atom stereocenters. The first-order valence-corrected chi connectivity index (χ1v) is 6.57. The highest BCUT2D eigenvalue weighted by molar-refractivity contribution is 5.54. The summed E-state index contributed by atoms with van der Waals surface area (Å²) in [7, 11) is 4.18. The summed E-state index contributed by atoms with van der Waals surface area (Å²) in [4.78, 5) is 2.39. The zero-order valence-electron chi connectivity index (χ0n) is 11.9. The minimum Gasteiger partial charge on any atom is -0.372 e. The summed E-state index contributed by atoms with van der Waals surface area (Å²) >= 11 is 0. The van der Waals surface area contributed by atoms with Crippen LogP contribution in [0.25, 0.3) is 0 Å². The maximum Gasteiger partial charge on any atom is 0.0395 e. The van der Waals surface area contributed by atoms with Gasteiger partial charge in [-0.1, -0.05) is 25.5 Å². The van der Waals surface area contributed by atoms with Gasteiger partial charge >= 0.3 is 0 Å². The summed E-state index contributed by atoms with van der Waals surface area (Å²) in [6.07, 6.45) is 2.48. The van der Waals surface area contributed by atoms with Gasteiger partial charge < -0.3 is 10.2 Å². The van der Waals surface area contributed by atoms with Crippen molar-refractivity contribution in [2.24, 2.45) is 0 Å². The summed E-state index contributed by atoms with van der Waals surface area (Å²) in [5.74, 6) is 0. The Morgan fingerprint density at radius 2 is 2.06 bits per heavy atom. The lowest BCUT2D eigenvalue weighted by molar-refractivity contribution is 0.615. The molecule has 0 aliphatic rings. The number of benzene rings is 1. The van der Waals surface area contributed by atoms with Gasteiger partial charge in [0.2, 0.25) is 0 Å². The van der Waals surface area contributed by atoms with E-state index in [2.05, 4.69) is 56.2 Å². The topological polar surface area (TPSA) is 15.3 Å². The Balaban J connectivity index is 2.83. The zero-order valence-corrected chi connectivity index (χ0v) is 11.9. The molecule has 0 spiro atoms. The van der Waals surface area contributed by atoms with E-state index in [0.717, 1.165) is 6.54 Å². The summed E-state index contributed by atoms with van der Waals surface area (Å²) in [5, 5.41) is 3.19. The van der Waals surface area contributed by atoms with E-state index in [0.29, 0.717) is 6.04 Å². The van der Waals surface area contributed by atoms with Crippen LogP contribution in [-0.4, -0.2) is 20.1 Å². The number of aryl methyl sites for hydroxylation is 1. The molecular formula is C15H26N2. The Hall–Kier alpha value is -1.02. The Bertz CT molecular complexity index is 347. The lowest BCUT2D eigenvalue weighted by Crippen LogP contribution is -2.29. The van der Waals surface area contributed by atoms with Crippen molar-refractivity contribution in [2.45, 2.75) is 46.2 Å². The number of hydrogen-bond donors (Lipinski definition) is 1. The second kappa shape index (κ2) is 6.65. The molecule has 0 aliphatic heterocycles. The third kappa shape index (κ3) is 3.74. The fourth-order valence-corrected chi connectivity index (χ4v) is 2.28. The Kier molecular flexibility index (Phi) is 5.49. The molecule has 1 rings (SSSR count). The van der Waals surface area contributed by atoms with Crippen LogP contribution in [0.1, 0.15) is 37.8 Å². The molecule has 2 heteroatoms. The van der Waals surface area contributed by atoms with Crippen LogP contribution in [0.5, 0.6) is 0 Å². The van der Waals surface area contributed by atoms with Gasteiger partial charge in [0.25, 0.3) is 0 Å². The molecule has 96 valence electrons. The highest BCUT2D eigenvalue weighted by Gasteiger charge is 2.11. The third-order valence-corrected chi connectivity index (χ3v) is 3.39. The van der Waals surface area contributed by atoms with E-state index < -0.39 is 0 Å². The average Bonchev–Trinajstić information content (AvgIpc) is 2.29. The number of anilines is 1. The third-order valence-electron chi connectivity index (χ3n) is 3.39. The first-order valence-electron chi connectivity index (χ1n) is 6.57. The standard InChI is InChI=1S/C15H26N2/c1-6-7-13(3)17(5)15-9-8-14(11-16-4)10-12(15)2/h8-10,13,16H,6-7,11H2,1-5H3. The van der Waals surface area contributed by atoms with E-state index in [4.69, 9.17) is 0 Å². The summed E-state index contributed by atoms with van der Waals surface area (Å²) in [5.41, 5.74) is 4.07. The van der Waals surface area contributed by atoms with Gasteiger partial charge in [0.15, 0.2) is 0 Å². The molecule has 1 aromatic rings.